The van der Waals surface area contributed by atoms with Crippen molar-refractivity contribution in [2.75, 3.05) is 6.61 Å². The van der Waals surface area contributed by atoms with Gasteiger partial charge in [0.25, 0.3) is 0 Å². The van der Waals surface area contributed by atoms with Gasteiger partial charge >= 0.3 is 0 Å². The van der Waals surface area contributed by atoms with Crippen molar-refractivity contribution >= 4 is 10.0 Å². The molecule has 0 radical (unpaired) electrons. The molecule has 5 nitrogen and oxygen atoms in total. The molecule has 0 heterocycles. The molecule has 1 aliphatic rings. The molecule has 1 aromatic rings. The van der Waals surface area contributed by atoms with E-state index in [1.54, 1.807) is 24.3 Å². The maximum atomic E-state index is 12.1. The molecule has 2 rings (SSSR count). The van der Waals surface area contributed by atoms with E-state index < -0.39 is 10.0 Å². The molecule has 0 saturated heterocycles. The van der Waals surface area contributed by atoms with Crippen LogP contribution in [-0.2, 0) is 10.0 Å². The number of nitrogens with two attached hydrogens (primary N) is 1. The molecule has 1 aliphatic carbocycles. The van der Waals surface area contributed by atoms with Crippen LogP contribution in [0.5, 0.6) is 5.75 Å². The van der Waals surface area contributed by atoms with Crippen molar-refractivity contribution in [3.05, 3.63) is 24.3 Å². The lowest BCUT2D eigenvalue weighted by Crippen LogP contribution is -2.50. The van der Waals surface area contributed by atoms with Gasteiger partial charge in [0.05, 0.1) is 11.5 Å². The van der Waals surface area contributed by atoms with Crippen LogP contribution in [0, 0.1) is 0 Å². The van der Waals surface area contributed by atoms with E-state index in [9.17, 15) is 8.42 Å². The second-order valence-corrected chi connectivity index (χ2v) is 6.58. The molecular formula is C13H20N2O3S. The molecule has 19 heavy (non-hydrogen) atoms. The molecule has 1 saturated carbocycles. The summed E-state index contributed by atoms with van der Waals surface area (Å²) in [5.74, 6) is 0.687. The summed E-state index contributed by atoms with van der Waals surface area (Å²) in [7, 11) is -3.44. The lowest BCUT2D eigenvalue weighted by molar-refractivity contribution is 0.317. The first kappa shape index (κ1) is 14.3. The highest BCUT2D eigenvalue weighted by atomic mass is 32.2. The number of ether oxygens (including phenoxy) is 1. The number of benzene rings is 1. The first-order chi connectivity index (χ1) is 9.01. The standard InChI is InChI=1S/C13H20N2O3S/c1-2-7-18-12-3-5-13(6-4-12)19(16,17)15-11-8-10(14)9-11/h3-6,10-11,15H,2,7-9,14H2,1H3. The largest absolute Gasteiger partial charge is 0.494 e. The van der Waals surface area contributed by atoms with Crippen LogP contribution in [-0.4, -0.2) is 27.1 Å². The average molecular weight is 284 g/mol. The summed E-state index contributed by atoms with van der Waals surface area (Å²) < 4.78 is 32.2. The average Bonchev–Trinajstić information content (AvgIpc) is 2.35. The Labute approximate surface area is 114 Å². The summed E-state index contributed by atoms with van der Waals surface area (Å²) in [6, 6.07) is 6.57. The number of hydrogen-bond acceptors (Lipinski definition) is 4. The highest BCUT2D eigenvalue weighted by molar-refractivity contribution is 7.89. The Hall–Kier alpha value is -1.11. The molecule has 1 fully saturated rings. The van der Waals surface area contributed by atoms with Crippen LogP contribution in [0.2, 0.25) is 0 Å². The number of hydrogen-bond donors (Lipinski definition) is 2. The van der Waals surface area contributed by atoms with Crippen LogP contribution < -0.4 is 15.2 Å². The molecule has 0 atom stereocenters. The van der Waals surface area contributed by atoms with Gasteiger partial charge in [-0.3, -0.25) is 0 Å². The Morgan fingerprint density at radius 3 is 2.47 bits per heavy atom. The molecule has 106 valence electrons. The molecule has 0 spiro atoms. The van der Waals surface area contributed by atoms with Crippen molar-refractivity contribution < 1.29 is 13.2 Å². The number of nitrogens with one attached hydrogen (secondary N) is 1. The Balaban J connectivity index is 1.99. The van der Waals surface area contributed by atoms with E-state index in [0.717, 1.165) is 6.42 Å². The fourth-order valence-electron chi connectivity index (χ4n) is 1.98. The van der Waals surface area contributed by atoms with Crippen molar-refractivity contribution in [3.8, 4) is 5.75 Å². The topological polar surface area (TPSA) is 81.4 Å². The summed E-state index contributed by atoms with van der Waals surface area (Å²) in [4.78, 5) is 0.261. The fourth-order valence-corrected chi connectivity index (χ4v) is 3.24. The summed E-state index contributed by atoms with van der Waals surface area (Å²) in [5, 5.41) is 0. The predicted octanol–water partition coefficient (Wildman–Crippen LogP) is 1.24. The fraction of sp³-hybridized carbons (Fsp3) is 0.538. The predicted molar refractivity (Wildman–Crippen MR) is 73.5 cm³/mol. The molecule has 0 aromatic heterocycles. The van der Waals surface area contributed by atoms with Crippen LogP contribution in [0.4, 0.5) is 0 Å². The third-order valence-corrected chi connectivity index (χ3v) is 4.64. The first-order valence-electron chi connectivity index (χ1n) is 6.52. The van der Waals surface area contributed by atoms with Gasteiger partial charge in [0.2, 0.25) is 10.0 Å². The summed E-state index contributed by atoms with van der Waals surface area (Å²) in [5.41, 5.74) is 5.64. The SMILES string of the molecule is CCCOc1ccc(S(=O)(=O)NC2CC(N)C2)cc1. The van der Waals surface area contributed by atoms with Crippen LogP contribution in [0.1, 0.15) is 26.2 Å². The maximum absolute atomic E-state index is 12.1. The van der Waals surface area contributed by atoms with Crippen LogP contribution in [0.3, 0.4) is 0 Å². The molecule has 3 N–H and O–H groups in total. The first-order valence-corrected chi connectivity index (χ1v) is 8.00. The number of sulfonamides is 1. The van der Waals surface area contributed by atoms with Gasteiger partial charge in [0.15, 0.2) is 0 Å². The van der Waals surface area contributed by atoms with E-state index >= 15 is 0 Å². The zero-order valence-corrected chi connectivity index (χ0v) is 11.8. The molecule has 1 aromatic carbocycles. The molecule has 6 heteroatoms. The maximum Gasteiger partial charge on any atom is 0.240 e. The molecule has 0 amide bonds. The smallest absolute Gasteiger partial charge is 0.240 e. The van der Waals surface area contributed by atoms with Crippen LogP contribution >= 0.6 is 0 Å². The van der Waals surface area contributed by atoms with Gasteiger partial charge < -0.3 is 10.5 Å². The van der Waals surface area contributed by atoms with Gasteiger partial charge in [-0.15, -0.1) is 0 Å². The van der Waals surface area contributed by atoms with Crippen molar-refractivity contribution in [3.63, 3.8) is 0 Å². The van der Waals surface area contributed by atoms with Gasteiger partial charge in [0, 0.05) is 12.1 Å². The lowest BCUT2D eigenvalue weighted by Gasteiger charge is -2.32. The van der Waals surface area contributed by atoms with Gasteiger partial charge in [-0.2, -0.15) is 0 Å². The van der Waals surface area contributed by atoms with Gasteiger partial charge in [-0.05, 0) is 43.5 Å². The van der Waals surface area contributed by atoms with Crippen LogP contribution in [0.15, 0.2) is 29.2 Å². The van der Waals surface area contributed by atoms with Gasteiger partial charge in [-0.25, -0.2) is 13.1 Å². The molecule has 0 unspecified atom stereocenters. The van der Waals surface area contributed by atoms with Crippen molar-refractivity contribution in [1.82, 2.24) is 4.72 Å². The molecule has 0 bridgehead atoms. The molecular weight excluding hydrogens is 264 g/mol. The minimum absolute atomic E-state index is 0.0315. The monoisotopic (exact) mass is 284 g/mol. The second-order valence-electron chi connectivity index (χ2n) is 4.87. The van der Waals surface area contributed by atoms with E-state index in [2.05, 4.69) is 4.72 Å². The van der Waals surface area contributed by atoms with E-state index in [4.69, 9.17) is 10.5 Å². The Morgan fingerprint density at radius 2 is 1.95 bits per heavy atom. The zero-order chi connectivity index (χ0) is 13.9. The van der Waals surface area contributed by atoms with Crippen LogP contribution in [0.25, 0.3) is 0 Å². The van der Waals surface area contributed by atoms with Gasteiger partial charge in [0.1, 0.15) is 5.75 Å². The van der Waals surface area contributed by atoms with E-state index in [1.807, 2.05) is 6.92 Å². The van der Waals surface area contributed by atoms with Gasteiger partial charge in [-0.1, -0.05) is 6.92 Å². The van der Waals surface area contributed by atoms with Crippen molar-refractivity contribution in [1.29, 1.82) is 0 Å². The van der Waals surface area contributed by atoms with Crippen molar-refractivity contribution in [2.24, 2.45) is 5.73 Å². The quantitative estimate of drug-likeness (QED) is 0.823. The van der Waals surface area contributed by atoms with E-state index in [0.29, 0.717) is 25.2 Å². The zero-order valence-electron chi connectivity index (χ0n) is 11.0. The van der Waals surface area contributed by atoms with E-state index in [1.165, 1.54) is 0 Å². The molecule has 0 aliphatic heterocycles. The Kier molecular flexibility index (Phi) is 4.44. The van der Waals surface area contributed by atoms with Crippen molar-refractivity contribution in [2.45, 2.75) is 43.2 Å². The highest BCUT2D eigenvalue weighted by Gasteiger charge is 2.30. The third-order valence-electron chi connectivity index (χ3n) is 3.10. The minimum atomic E-state index is -3.44. The Morgan fingerprint density at radius 1 is 1.32 bits per heavy atom. The third kappa shape index (κ3) is 3.68. The van der Waals surface area contributed by atoms with E-state index in [-0.39, 0.29) is 17.0 Å². The normalized spacial score (nSPS) is 22.8. The number of rotatable bonds is 6. The Bertz CT molecular complexity index is 507. The highest BCUT2D eigenvalue weighted by Crippen LogP contribution is 2.21. The lowest BCUT2D eigenvalue weighted by atomic mass is 9.89. The second kappa shape index (κ2) is 5.90. The summed E-state index contributed by atoms with van der Waals surface area (Å²) in [6.45, 7) is 2.65. The minimum Gasteiger partial charge on any atom is -0.494 e. The summed E-state index contributed by atoms with van der Waals surface area (Å²) in [6.07, 6.45) is 2.33. The summed E-state index contributed by atoms with van der Waals surface area (Å²) >= 11 is 0.